The summed E-state index contributed by atoms with van der Waals surface area (Å²) >= 11 is 0. The second-order valence-electron chi connectivity index (χ2n) is 14.7. The van der Waals surface area contributed by atoms with Crippen molar-refractivity contribution in [2.45, 2.75) is 117 Å². The van der Waals surface area contributed by atoms with Gasteiger partial charge in [-0.1, -0.05) is 0 Å². The van der Waals surface area contributed by atoms with Crippen LogP contribution in [0, 0.1) is 0 Å². The van der Waals surface area contributed by atoms with E-state index >= 15 is 0 Å². The molecule has 1 aromatic heterocycles. The quantitative estimate of drug-likeness (QED) is 0.168. The molecular weight excluding hydrogens is 884 g/mol. The van der Waals surface area contributed by atoms with E-state index in [2.05, 4.69) is 0 Å². The Bertz CT molecular complexity index is 2390. The van der Waals surface area contributed by atoms with Gasteiger partial charge in [-0.15, -0.1) is 0 Å². The van der Waals surface area contributed by atoms with Crippen LogP contribution in [0.5, 0.6) is 17.2 Å². The van der Waals surface area contributed by atoms with E-state index in [0.717, 1.165) is 67.5 Å². The lowest BCUT2D eigenvalue weighted by molar-refractivity contribution is -0.288. The van der Waals surface area contributed by atoms with Crippen LogP contribution in [0.3, 0.4) is 0 Å². The first-order chi connectivity index (χ1) is 31.1. The second kappa shape index (κ2) is 21.6. The second-order valence-corrected chi connectivity index (χ2v) is 14.7. The smallest absolute Gasteiger partial charge is 0.303 e. The monoisotopic (exact) mass is 930 g/mol. The largest absolute Gasteiger partial charge is 0.507 e. The first-order valence-corrected chi connectivity index (χ1v) is 20.0. The maximum Gasteiger partial charge on any atom is 0.303 e. The van der Waals surface area contributed by atoms with Crippen LogP contribution in [-0.4, -0.2) is 127 Å². The van der Waals surface area contributed by atoms with Crippen molar-refractivity contribution in [3.05, 3.63) is 52.7 Å². The number of phenols is 1. The molecule has 5 rings (SSSR count). The molecule has 0 radical (unpaired) electrons. The number of carbonyl (C=O) groups is 8. The average molecular weight is 931 g/mol. The van der Waals surface area contributed by atoms with Crippen molar-refractivity contribution in [2.75, 3.05) is 13.2 Å². The highest BCUT2D eigenvalue weighted by Crippen LogP contribution is 2.36. The fourth-order valence-electron chi connectivity index (χ4n) is 6.99. The van der Waals surface area contributed by atoms with Crippen molar-refractivity contribution in [1.82, 2.24) is 0 Å². The number of benzene rings is 2. The van der Waals surface area contributed by atoms with Gasteiger partial charge in [0.2, 0.25) is 24.8 Å². The van der Waals surface area contributed by atoms with Crippen molar-refractivity contribution in [1.29, 1.82) is 0 Å². The van der Waals surface area contributed by atoms with Crippen LogP contribution in [0.25, 0.3) is 22.3 Å². The molecule has 23 nitrogen and oxygen atoms in total. The molecule has 2 fully saturated rings. The van der Waals surface area contributed by atoms with Gasteiger partial charge >= 0.3 is 47.8 Å². The van der Waals surface area contributed by atoms with Crippen molar-refractivity contribution in [2.24, 2.45) is 0 Å². The summed E-state index contributed by atoms with van der Waals surface area (Å²) < 4.78 is 72.8. The standard InChI is InChI=1S/C43H46O23/c1-18(44)54-16-33-36(56-20(3)46)38(58-22(5)48)40(60-24(7)50)42(65-33)62-27-11-9-26(10-12-27)31-15-30(53)35-29(52)13-28(14-32(35)64-31)63-43-41(61-25(8)51)39(59-23(6)49)37(57-21(4)47)34(66-43)17-55-19(2)45/h9-15,33-34,36-43,52H,16-17H2,1-8H3/t33?,34?,36-,37-,38?,39?,40?,41?,42-,43-/m1/s1. The van der Waals surface area contributed by atoms with E-state index in [9.17, 15) is 48.3 Å². The number of phenolic OH excluding ortho intramolecular Hbond substituents is 1. The van der Waals surface area contributed by atoms with Crippen LogP contribution >= 0.6 is 0 Å². The Morgan fingerprint density at radius 2 is 0.894 bits per heavy atom. The van der Waals surface area contributed by atoms with Gasteiger partial charge in [0.05, 0.1) is 0 Å². The van der Waals surface area contributed by atoms with Gasteiger partial charge < -0.3 is 66.4 Å². The highest BCUT2D eigenvalue weighted by atomic mass is 16.7. The molecule has 0 spiro atoms. The van der Waals surface area contributed by atoms with Crippen LogP contribution in [0.15, 0.2) is 51.7 Å². The Kier molecular flexibility index (Phi) is 16.3. The number of esters is 8. The molecular formula is C43H46O23. The van der Waals surface area contributed by atoms with Gasteiger partial charge in [-0.05, 0) is 24.3 Å². The number of rotatable bonds is 15. The molecule has 1 N–H and O–H groups in total. The molecule has 3 aromatic rings. The lowest BCUT2D eigenvalue weighted by atomic mass is 9.98. The Morgan fingerprint density at radius 3 is 1.30 bits per heavy atom. The summed E-state index contributed by atoms with van der Waals surface area (Å²) in [6, 6.07) is 9.08. The Labute approximate surface area is 374 Å². The van der Waals surface area contributed by atoms with Crippen molar-refractivity contribution in [3.8, 4) is 28.6 Å². The summed E-state index contributed by atoms with van der Waals surface area (Å²) in [5.74, 6) is -7.34. The number of hydrogen-bond acceptors (Lipinski definition) is 23. The van der Waals surface area contributed by atoms with E-state index < -0.39 is 134 Å². The lowest BCUT2D eigenvalue weighted by Gasteiger charge is -2.43. The number of aromatic hydroxyl groups is 1. The van der Waals surface area contributed by atoms with Crippen LogP contribution in [0.1, 0.15) is 55.4 Å². The topological polar surface area (TPSA) is 298 Å². The fourth-order valence-corrected chi connectivity index (χ4v) is 6.99. The number of fused-ring (bicyclic) bond motifs is 1. The highest BCUT2D eigenvalue weighted by Gasteiger charge is 2.55. The number of ether oxygens (including phenoxy) is 12. The molecule has 356 valence electrons. The minimum atomic E-state index is -1.69. The zero-order chi connectivity index (χ0) is 48.6. The maximum absolute atomic E-state index is 13.4. The van der Waals surface area contributed by atoms with E-state index in [1.165, 1.54) is 30.3 Å². The van der Waals surface area contributed by atoms with Crippen LogP contribution < -0.4 is 14.9 Å². The van der Waals surface area contributed by atoms with Crippen LogP contribution in [0.4, 0.5) is 0 Å². The highest BCUT2D eigenvalue weighted by molar-refractivity contribution is 5.86. The SMILES string of the molecule is CC(=O)OCC1O[C@@H](Oc2ccc(-c3cc(=O)c4c(O)cc(O[C@@H]5OC(COC(C)=O)[C@@H](OC(C)=O)C(OC(C)=O)C5OC(C)=O)cc4o3)cc2)C(OC(C)=O)C(OC(C)=O)[C@@H]1OC(C)=O. The molecule has 2 aromatic carbocycles. The van der Waals surface area contributed by atoms with Gasteiger partial charge in [-0.3, -0.25) is 43.2 Å². The Morgan fingerprint density at radius 1 is 0.500 bits per heavy atom. The summed E-state index contributed by atoms with van der Waals surface area (Å²) in [6.07, 6.45) is -14.9. The predicted molar refractivity (Wildman–Crippen MR) is 215 cm³/mol. The lowest BCUT2D eigenvalue weighted by Crippen LogP contribution is -2.63. The third-order valence-electron chi connectivity index (χ3n) is 9.32. The predicted octanol–water partition coefficient (Wildman–Crippen LogP) is 2.09. The van der Waals surface area contributed by atoms with Crippen molar-refractivity contribution >= 4 is 58.7 Å². The van der Waals surface area contributed by atoms with Gasteiger partial charge in [0.15, 0.2) is 29.8 Å². The first kappa shape index (κ1) is 49.7. The molecule has 23 heteroatoms. The van der Waals surface area contributed by atoms with Gasteiger partial charge in [-0.2, -0.15) is 0 Å². The molecule has 10 atom stereocenters. The van der Waals surface area contributed by atoms with E-state index in [1.54, 1.807) is 0 Å². The van der Waals surface area contributed by atoms with Crippen LogP contribution in [0.2, 0.25) is 0 Å². The molecule has 2 aliphatic heterocycles. The molecule has 0 aliphatic carbocycles. The molecule has 66 heavy (non-hydrogen) atoms. The minimum Gasteiger partial charge on any atom is -0.507 e. The van der Waals surface area contributed by atoms with Crippen molar-refractivity contribution < 1.29 is 105 Å². The summed E-state index contributed by atoms with van der Waals surface area (Å²) in [6.45, 7) is 7.60. The van der Waals surface area contributed by atoms with E-state index in [4.69, 9.17) is 61.3 Å². The zero-order valence-electron chi connectivity index (χ0n) is 36.7. The van der Waals surface area contributed by atoms with Crippen LogP contribution in [-0.2, 0) is 85.7 Å². The molecule has 6 unspecified atom stereocenters. The molecule has 2 aliphatic rings. The van der Waals surface area contributed by atoms with Crippen molar-refractivity contribution in [3.63, 3.8) is 0 Å². The molecule has 2 saturated heterocycles. The van der Waals surface area contributed by atoms with Gasteiger partial charge in [0, 0.05) is 79.2 Å². The molecule has 0 saturated carbocycles. The Balaban J connectivity index is 1.47. The summed E-state index contributed by atoms with van der Waals surface area (Å²) in [5, 5.41) is 10.8. The summed E-state index contributed by atoms with van der Waals surface area (Å²) in [7, 11) is 0. The molecule has 0 amide bonds. The number of hydrogen-bond donors (Lipinski definition) is 1. The average Bonchev–Trinajstić information content (AvgIpc) is 3.19. The maximum atomic E-state index is 13.4. The fraction of sp³-hybridized carbons (Fsp3) is 0.465. The summed E-state index contributed by atoms with van der Waals surface area (Å²) in [4.78, 5) is 110. The van der Waals surface area contributed by atoms with Gasteiger partial charge in [0.25, 0.3) is 0 Å². The first-order valence-electron chi connectivity index (χ1n) is 20.0. The third kappa shape index (κ3) is 12.9. The minimum absolute atomic E-state index is 0.0322. The van der Waals surface area contributed by atoms with E-state index in [-0.39, 0.29) is 33.8 Å². The van der Waals surface area contributed by atoms with E-state index in [1.807, 2.05) is 0 Å². The van der Waals surface area contributed by atoms with E-state index in [0.29, 0.717) is 0 Å². The normalized spacial score (nSPS) is 24.7. The molecule has 0 bridgehead atoms. The molecule has 3 heterocycles. The number of carbonyl (C=O) groups excluding carboxylic acids is 8. The van der Waals surface area contributed by atoms with Gasteiger partial charge in [-0.25, -0.2) is 0 Å². The van der Waals surface area contributed by atoms with Gasteiger partial charge in [0.1, 0.15) is 59.4 Å². The Hall–Kier alpha value is -7.27. The third-order valence-corrected chi connectivity index (χ3v) is 9.32. The zero-order valence-corrected chi connectivity index (χ0v) is 36.7. The summed E-state index contributed by atoms with van der Waals surface area (Å²) in [5.41, 5.74) is -0.621.